The van der Waals surface area contributed by atoms with Crippen LogP contribution >= 0.6 is 0 Å². The molecule has 0 saturated heterocycles. The van der Waals surface area contributed by atoms with E-state index in [2.05, 4.69) is 16.3 Å². The molecule has 0 fully saturated rings. The molecule has 0 unspecified atom stereocenters. The smallest absolute Gasteiger partial charge is 0.243 e. The molecule has 1 N–H and O–H groups in total. The first-order valence-electron chi connectivity index (χ1n) is 4.07. The SMILES string of the molecule is C=CCNS(=O)(=O)c1cccnc1C#N. The second kappa shape index (κ2) is 4.68. The minimum absolute atomic E-state index is 0.113. The summed E-state index contributed by atoms with van der Waals surface area (Å²) in [7, 11) is -3.67. The molecule has 5 nitrogen and oxygen atoms in total. The number of pyridine rings is 1. The van der Waals surface area contributed by atoms with Crippen molar-refractivity contribution in [3.8, 4) is 6.07 Å². The van der Waals surface area contributed by atoms with Crippen molar-refractivity contribution in [2.45, 2.75) is 4.90 Å². The van der Waals surface area contributed by atoms with Crippen LogP contribution in [0.4, 0.5) is 0 Å². The highest BCUT2D eigenvalue weighted by atomic mass is 32.2. The summed E-state index contributed by atoms with van der Waals surface area (Å²) in [6.07, 6.45) is 2.78. The second-order valence-corrected chi connectivity index (χ2v) is 4.34. The summed E-state index contributed by atoms with van der Waals surface area (Å²) in [6.45, 7) is 3.51. The van der Waals surface area contributed by atoms with E-state index in [9.17, 15) is 8.42 Å². The van der Waals surface area contributed by atoms with E-state index in [-0.39, 0.29) is 17.1 Å². The molecule has 78 valence electrons. The number of nitrogens with one attached hydrogen (secondary N) is 1. The zero-order valence-electron chi connectivity index (χ0n) is 7.84. The third-order valence-corrected chi connectivity index (χ3v) is 3.04. The first kappa shape index (κ1) is 11.4. The molecule has 0 radical (unpaired) electrons. The van der Waals surface area contributed by atoms with Crippen molar-refractivity contribution in [3.63, 3.8) is 0 Å². The van der Waals surface area contributed by atoms with Crippen molar-refractivity contribution < 1.29 is 8.42 Å². The molecule has 0 aliphatic rings. The number of hydrogen-bond donors (Lipinski definition) is 1. The summed E-state index contributed by atoms with van der Waals surface area (Å²) in [4.78, 5) is 3.55. The molecule has 0 atom stereocenters. The van der Waals surface area contributed by atoms with Gasteiger partial charge in [0, 0.05) is 12.7 Å². The van der Waals surface area contributed by atoms with E-state index in [1.807, 2.05) is 0 Å². The molecule has 1 rings (SSSR count). The van der Waals surface area contributed by atoms with E-state index < -0.39 is 10.0 Å². The lowest BCUT2D eigenvalue weighted by Gasteiger charge is -2.04. The van der Waals surface area contributed by atoms with Crippen molar-refractivity contribution in [2.75, 3.05) is 6.54 Å². The number of sulfonamides is 1. The van der Waals surface area contributed by atoms with E-state index in [1.54, 1.807) is 6.07 Å². The summed E-state index contributed by atoms with van der Waals surface area (Å²) in [5, 5.41) is 8.68. The zero-order chi connectivity index (χ0) is 11.3. The van der Waals surface area contributed by atoms with Crippen LogP contribution in [0, 0.1) is 11.3 Å². The van der Waals surface area contributed by atoms with Gasteiger partial charge in [-0.3, -0.25) is 0 Å². The summed E-state index contributed by atoms with van der Waals surface area (Å²) in [6, 6.07) is 4.51. The predicted octanol–water partition coefficient (Wildman–Crippen LogP) is 0.418. The lowest BCUT2D eigenvalue weighted by molar-refractivity contribution is 0.585. The Morgan fingerprint density at radius 3 is 3.00 bits per heavy atom. The summed E-state index contributed by atoms with van der Waals surface area (Å²) < 4.78 is 25.5. The Morgan fingerprint density at radius 2 is 2.40 bits per heavy atom. The van der Waals surface area contributed by atoms with E-state index in [0.717, 1.165) is 0 Å². The van der Waals surface area contributed by atoms with Gasteiger partial charge in [-0.25, -0.2) is 18.1 Å². The fourth-order valence-electron chi connectivity index (χ4n) is 0.938. The molecule has 1 aromatic rings. The van der Waals surface area contributed by atoms with Crippen molar-refractivity contribution in [1.29, 1.82) is 5.26 Å². The maximum absolute atomic E-state index is 11.6. The maximum Gasteiger partial charge on any atom is 0.243 e. The average molecular weight is 223 g/mol. The quantitative estimate of drug-likeness (QED) is 0.750. The van der Waals surface area contributed by atoms with Crippen LogP contribution in [0.2, 0.25) is 0 Å². The van der Waals surface area contributed by atoms with Gasteiger partial charge in [-0.1, -0.05) is 6.08 Å². The van der Waals surface area contributed by atoms with Gasteiger partial charge in [0.25, 0.3) is 0 Å². The number of aromatic nitrogens is 1. The number of hydrogen-bond acceptors (Lipinski definition) is 4. The molecule has 0 aliphatic heterocycles. The van der Waals surface area contributed by atoms with Gasteiger partial charge in [-0.2, -0.15) is 5.26 Å². The fraction of sp³-hybridized carbons (Fsp3) is 0.111. The lowest BCUT2D eigenvalue weighted by Crippen LogP contribution is -2.24. The van der Waals surface area contributed by atoms with E-state index >= 15 is 0 Å². The van der Waals surface area contributed by atoms with E-state index in [4.69, 9.17) is 5.26 Å². The Morgan fingerprint density at radius 1 is 1.67 bits per heavy atom. The van der Waals surface area contributed by atoms with Gasteiger partial charge in [0.2, 0.25) is 10.0 Å². The Balaban J connectivity index is 3.16. The topological polar surface area (TPSA) is 82.8 Å². The Labute approximate surface area is 88.1 Å². The number of nitriles is 1. The van der Waals surface area contributed by atoms with Gasteiger partial charge in [0.15, 0.2) is 5.69 Å². The minimum atomic E-state index is -3.67. The highest BCUT2D eigenvalue weighted by molar-refractivity contribution is 7.89. The van der Waals surface area contributed by atoms with Gasteiger partial charge < -0.3 is 0 Å². The highest BCUT2D eigenvalue weighted by Gasteiger charge is 2.17. The van der Waals surface area contributed by atoms with Crippen LogP contribution in [0.25, 0.3) is 0 Å². The molecule has 0 bridgehead atoms. The second-order valence-electron chi connectivity index (χ2n) is 2.60. The molecule has 1 heterocycles. The molecule has 0 spiro atoms. The van der Waals surface area contributed by atoms with Crippen LogP contribution in [0.15, 0.2) is 35.9 Å². The van der Waals surface area contributed by atoms with Gasteiger partial charge in [-0.15, -0.1) is 6.58 Å². The van der Waals surface area contributed by atoms with E-state index in [1.165, 1.54) is 24.4 Å². The predicted molar refractivity (Wildman–Crippen MR) is 54.3 cm³/mol. The van der Waals surface area contributed by atoms with Crippen molar-refractivity contribution >= 4 is 10.0 Å². The zero-order valence-corrected chi connectivity index (χ0v) is 8.66. The molecule has 0 saturated carbocycles. The first-order valence-corrected chi connectivity index (χ1v) is 5.56. The average Bonchev–Trinajstić information content (AvgIpc) is 2.26. The standard InChI is InChI=1S/C9H9N3O2S/c1-2-5-12-15(13,14)9-4-3-6-11-8(9)7-10/h2-4,6,12H,1,5H2. The molecule has 0 amide bonds. The molecular formula is C9H9N3O2S. The molecule has 0 aromatic carbocycles. The van der Waals surface area contributed by atoms with Crippen LogP contribution in [-0.2, 0) is 10.0 Å². The molecule has 6 heteroatoms. The Hall–Kier alpha value is -1.71. The van der Waals surface area contributed by atoms with Crippen LogP contribution in [-0.4, -0.2) is 19.9 Å². The number of nitrogens with zero attached hydrogens (tertiary/aromatic N) is 2. The Bertz CT molecular complexity index is 502. The fourth-order valence-corrected chi connectivity index (χ4v) is 2.04. The van der Waals surface area contributed by atoms with E-state index in [0.29, 0.717) is 0 Å². The molecule has 0 aliphatic carbocycles. The van der Waals surface area contributed by atoms with Crippen LogP contribution in [0.1, 0.15) is 5.69 Å². The first-order chi connectivity index (χ1) is 7.11. The third kappa shape index (κ3) is 2.62. The number of rotatable bonds is 4. The van der Waals surface area contributed by atoms with Crippen LogP contribution in [0.5, 0.6) is 0 Å². The molecule has 1 aromatic heterocycles. The van der Waals surface area contributed by atoms with Gasteiger partial charge in [0.1, 0.15) is 11.0 Å². The van der Waals surface area contributed by atoms with Crippen molar-refractivity contribution in [3.05, 3.63) is 36.7 Å². The Kier molecular flexibility index (Phi) is 3.55. The van der Waals surface area contributed by atoms with Gasteiger partial charge in [0.05, 0.1) is 0 Å². The van der Waals surface area contributed by atoms with Crippen molar-refractivity contribution in [1.82, 2.24) is 9.71 Å². The van der Waals surface area contributed by atoms with Crippen LogP contribution < -0.4 is 4.72 Å². The highest BCUT2D eigenvalue weighted by Crippen LogP contribution is 2.10. The summed E-state index contributed by atoms with van der Waals surface area (Å²) >= 11 is 0. The third-order valence-electron chi connectivity index (χ3n) is 1.58. The normalized spacial score (nSPS) is 10.6. The van der Waals surface area contributed by atoms with Gasteiger partial charge in [-0.05, 0) is 12.1 Å². The molecule has 15 heavy (non-hydrogen) atoms. The molecular weight excluding hydrogens is 214 g/mol. The summed E-state index contributed by atoms with van der Waals surface area (Å²) in [5.41, 5.74) is -0.117. The largest absolute Gasteiger partial charge is 0.244 e. The van der Waals surface area contributed by atoms with Crippen molar-refractivity contribution in [2.24, 2.45) is 0 Å². The monoisotopic (exact) mass is 223 g/mol. The minimum Gasteiger partial charge on any atom is -0.244 e. The van der Waals surface area contributed by atoms with Gasteiger partial charge >= 0.3 is 0 Å². The summed E-state index contributed by atoms with van der Waals surface area (Å²) in [5.74, 6) is 0. The maximum atomic E-state index is 11.6. The lowest BCUT2D eigenvalue weighted by atomic mass is 10.4. The van der Waals surface area contributed by atoms with Crippen LogP contribution in [0.3, 0.4) is 0 Å².